The van der Waals surface area contributed by atoms with Crippen LogP contribution in [-0.4, -0.2) is 25.3 Å². The maximum Gasteiger partial charge on any atom is 0.131 e. The molecule has 3 nitrogen and oxygen atoms in total. The van der Waals surface area contributed by atoms with E-state index in [1.54, 1.807) is 0 Å². The summed E-state index contributed by atoms with van der Waals surface area (Å²) < 4.78 is 70.7. The van der Waals surface area contributed by atoms with Crippen molar-refractivity contribution < 1.29 is 27.0 Å². The normalized spacial score (nSPS) is 16.4. The van der Waals surface area contributed by atoms with Gasteiger partial charge in [0.2, 0.25) is 0 Å². The van der Waals surface area contributed by atoms with Gasteiger partial charge < -0.3 is 14.8 Å². The van der Waals surface area contributed by atoms with Crippen LogP contribution in [0.5, 0.6) is 0 Å². The van der Waals surface area contributed by atoms with E-state index in [1.165, 1.54) is 42.0 Å². The molecule has 0 aromatic heterocycles. The second kappa shape index (κ2) is 17.5. The molecule has 0 amide bonds. The predicted octanol–water partition coefficient (Wildman–Crippen LogP) is 11.1. The zero-order chi connectivity index (χ0) is 36.1. The third-order valence-electron chi connectivity index (χ3n) is 10.9. The summed E-state index contributed by atoms with van der Waals surface area (Å²) in [6, 6.07) is 20.2. The Balaban J connectivity index is 0.00000583. The van der Waals surface area contributed by atoms with Crippen molar-refractivity contribution >= 4 is 12.4 Å². The lowest BCUT2D eigenvalue weighted by Crippen LogP contribution is -2.56. The van der Waals surface area contributed by atoms with E-state index in [0.29, 0.717) is 6.54 Å². The first-order valence-electron chi connectivity index (χ1n) is 17.7. The molecule has 1 N–H and O–H groups in total. The molecule has 51 heavy (non-hydrogen) atoms. The van der Waals surface area contributed by atoms with Gasteiger partial charge in [-0.25, -0.2) is 17.6 Å². The van der Waals surface area contributed by atoms with Crippen molar-refractivity contribution in [1.82, 2.24) is 5.32 Å². The Kier molecular flexibility index (Phi) is 13.9. The van der Waals surface area contributed by atoms with Crippen molar-refractivity contribution in [2.24, 2.45) is 5.41 Å². The molecular formula is C43H52ClF4NO2. The number of hydrogen-bond donors (Lipinski definition) is 1. The first-order valence-corrected chi connectivity index (χ1v) is 17.7. The molecule has 2 atom stereocenters. The van der Waals surface area contributed by atoms with Crippen molar-refractivity contribution in [1.29, 1.82) is 0 Å². The third kappa shape index (κ3) is 9.61. The van der Waals surface area contributed by atoms with Crippen LogP contribution >= 0.6 is 12.4 Å². The number of ether oxygens (including phenoxy) is 2. The van der Waals surface area contributed by atoms with E-state index in [-0.39, 0.29) is 67.2 Å². The van der Waals surface area contributed by atoms with E-state index in [9.17, 15) is 17.6 Å². The summed E-state index contributed by atoms with van der Waals surface area (Å²) in [4.78, 5) is 0. The van der Waals surface area contributed by atoms with E-state index in [2.05, 4.69) is 77.2 Å². The van der Waals surface area contributed by atoms with Crippen LogP contribution < -0.4 is 5.32 Å². The molecule has 2 unspecified atom stereocenters. The van der Waals surface area contributed by atoms with Crippen LogP contribution in [0.4, 0.5) is 17.6 Å². The summed E-state index contributed by atoms with van der Waals surface area (Å²) in [5, 5.41) is 4.07. The Hall–Kier alpha value is -3.23. The number of halogens is 5. The van der Waals surface area contributed by atoms with E-state index in [0.717, 1.165) is 53.5 Å². The van der Waals surface area contributed by atoms with Crippen LogP contribution in [0.3, 0.4) is 0 Å². The van der Waals surface area contributed by atoms with Gasteiger partial charge in [0.25, 0.3) is 0 Å². The summed E-state index contributed by atoms with van der Waals surface area (Å²) in [6.07, 6.45) is 3.72. The van der Waals surface area contributed by atoms with E-state index in [4.69, 9.17) is 9.47 Å². The number of rotatable bonds is 14. The second-order valence-corrected chi connectivity index (χ2v) is 15.0. The fourth-order valence-corrected chi connectivity index (χ4v) is 7.88. The topological polar surface area (TPSA) is 30.5 Å². The molecule has 1 aliphatic rings. The predicted molar refractivity (Wildman–Crippen MR) is 200 cm³/mol. The highest BCUT2D eigenvalue weighted by atomic mass is 35.5. The third-order valence-corrected chi connectivity index (χ3v) is 10.9. The van der Waals surface area contributed by atoms with Gasteiger partial charge in [-0.2, -0.15) is 0 Å². The van der Waals surface area contributed by atoms with Crippen molar-refractivity contribution in [3.63, 3.8) is 0 Å². The van der Waals surface area contributed by atoms with E-state index in [1.807, 2.05) is 6.07 Å². The molecule has 5 rings (SSSR count). The van der Waals surface area contributed by atoms with Gasteiger partial charge >= 0.3 is 0 Å². The van der Waals surface area contributed by atoms with Crippen LogP contribution in [-0.2, 0) is 22.7 Å². The monoisotopic (exact) mass is 725 g/mol. The number of nitrogens with one attached hydrogen (secondary N) is 1. The first kappa shape index (κ1) is 40.5. The highest BCUT2D eigenvalue weighted by molar-refractivity contribution is 5.85. The summed E-state index contributed by atoms with van der Waals surface area (Å²) in [5.41, 5.74) is 6.46. The average molecular weight is 726 g/mol. The molecule has 0 spiro atoms. The Morgan fingerprint density at radius 3 is 1.43 bits per heavy atom. The molecule has 4 aromatic rings. The van der Waals surface area contributed by atoms with Crippen LogP contribution in [0.25, 0.3) is 0 Å². The molecule has 276 valence electrons. The molecule has 0 saturated heterocycles. The lowest BCUT2D eigenvalue weighted by atomic mass is 9.62. The van der Waals surface area contributed by atoms with Gasteiger partial charge in [-0.1, -0.05) is 62.4 Å². The quantitative estimate of drug-likeness (QED) is 0.131. The van der Waals surface area contributed by atoms with E-state index < -0.39 is 28.8 Å². The minimum Gasteiger partial charge on any atom is -0.376 e. The Morgan fingerprint density at radius 1 is 0.588 bits per heavy atom. The zero-order valence-corrected chi connectivity index (χ0v) is 31.5. The summed E-state index contributed by atoms with van der Waals surface area (Å²) in [5.74, 6) is -2.73. The van der Waals surface area contributed by atoms with Crippen LogP contribution in [0.15, 0.2) is 72.8 Å². The maximum atomic E-state index is 14.6. The second-order valence-electron chi connectivity index (χ2n) is 15.0. The van der Waals surface area contributed by atoms with Crippen LogP contribution in [0.2, 0.25) is 0 Å². The van der Waals surface area contributed by atoms with E-state index >= 15 is 0 Å². The average Bonchev–Trinajstić information content (AvgIpc) is 3.06. The van der Waals surface area contributed by atoms with Gasteiger partial charge in [0, 0.05) is 35.0 Å². The fourth-order valence-electron chi connectivity index (χ4n) is 7.88. The summed E-state index contributed by atoms with van der Waals surface area (Å²) >= 11 is 0. The maximum absolute atomic E-state index is 14.6. The number of aryl methyl sites for hydroxylation is 4. The minimum atomic E-state index is -0.623. The van der Waals surface area contributed by atoms with Gasteiger partial charge in [-0.05, 0) is 116 Å². The molecule has 0 aliphatic heterocycles. The molecule has 1 aliphatic carbocycles. The minimum absolute atomic E-state index is 0. The SMILES string of the molecule is Cc1cccc(C)c1C(CNC1(C(COCc2c(F)cccc2F)c2c(C)cccc2C)CCC(C)(C)CC1)COCc1c(F)cccc1F.Cl. The molecule has 0 heterocycles. The highest BCUT2D eigenvalue weighted by Gasteiger charge is 2.45. The van der Waals surface area contributed by atoms with Crippen LogP contribution in [0.1, 0.15) is 95.9 Å². The van der Waals surface area contributed by atoms with Crippen molar-refractivity contribution in [3.8, 4) is 0 Å². The Bertz CT molecular complexity index is 1690. The Morgan fingerprint density at radius 2 is 0.980 bits per heavy atom. The highest BCUT2D eigenvalue weighted by Crippen LogP contribution is 2.48. The van der Waals surface area contributed by atoms with Crippen LogP contribution in [0, 0.1) is 56.4 Å². The summed E-state index contributed by atoms with van der Waals surface area (Å²) in [7, 11) is 0. The molecule has 1 saturated carbocycles. The molecule has 4 aromatic carbocycles. The number of benzene rings is 4. The van der Waals surface area contributed by atoms with Crippen molar-refractivity contribution in [2.75, 3.05) is 19.8 Å². The van der Waals surface area contributed by atoms with Gasteiger partial charge in [0.1, 0.15) is 23.3 Å². The lowest BCUT2D eigenvalue weighted by Gasteiger charge is -2.50. The molecule has 1 fully saturated rings. The first-order chi connectivity index (χ1) is 23.8. The molecule has 0 bridgehead atoms. The van der Waals surface area contributed by atoms with Gasteiger partial charge in [-0.3, -0.25) is 0 Å². The van der Waals surface area contributed by atoms with Crippen molar-refractivity contribution in [2.45, 2.75) is 97.8 Å². The van der Waals surface area contributed by atoms with Gasteiger partial charge in [0.05, 0.1) is 26.4 Å². The zero-order valence-electron chi connectivity index (χ0n) is 30.7. The van der Waals surface area contributed by atoms with Gasteiger partial charge in [0.15, 0.2) is 0 Å². The van der Waals surface area contributed by atoms with Crippen molar-refractivity contribution in [3.05, 3.63) is 141 Å². The lowest BCUT2D eigenvalue weighted by molar-refractivity contribution is 0.0376. The smallest absolute Gasteiger partial charge is 0.131 e. The summed E-state index contributed by atoms with van der Waals surface area (Å²) in [6.45, 7) is 13.7. The molecule has 8 heteroatoms. The largest absolute Gasteiger partial charge is 0.376 e. The number of hydrogen-bond acceptors (Lipinski definition) is 3. The standard InChI is InChI=1S/C43H51F4NO2.ClH/c1-28-11-7-12-29(2)40(28)32(24-49-25-33-36(44)15-9-16-37(33)45)23-48-43(21-19-42(5,6)20-22-43)35(41-30(3)13-8-14-31(41)4)27-50-26-34-38(46)17-10-18-39(34)47;/h7-18,32,35,48H,19-27H2,1-6H3;1H. The molecule has 0 radical (unpaired) electrons. The molecular weight excluding hydrogens is 674 g/mol. The Labute approximate surface area is 307 Å². The van der Waals surface area contributed by atoms with Gasteiger partial charge in [-0.15, -0.1) is 12.4 Å². The fraction of sp³-hybridized carbons (Fsp3) is 0.442.